The highest BCUT2D eigenvalue weighted by Crippen LogP contribution is 2.31. The number of nitrogens with zero attached hydrogens (tertiary/aromatic N) is 5. The summed E-state index contributed by atoms with van der Waals surface area (Å²) in [6, 6.07) is 8.52. The molecule has 4 aromatic rings. The van der Waals surface area contributed by atoms with Crippen molar-refractivity contribution in [2.75, 3.05) is 12.4 Å². The molecule has 1 aliphatic heterocycles. The molecular weight excluding hydrogens is 366 g/mol. The van der Waals surface area contributed by atoms with E-state index < -0.39 is 0 Å². The smallest absolute Gasteiger partial charge is 0.316 e. The monoisotopic (exact) mass is 385 g/mol. The Morgan fingerprint density at radius 1 is 1.14 bits per heavy atom. The first-order valence-electron chi connectivity index (χ1n) is 9.30. The number of fused-ring (bicyclic) bond motifs is 2. The van der Waals surface area contributed by atoms with Crippen LogP contribution in [0.15, 0.2) is 41.7 Å². The molecule has 2 N–H and O–H groups in total. The van der Waals surface area contributed by atoms with Crippen LogP contribution in [0.4, 0.5) is 11.5 Å². The van der Waals surface area contributed by atoms with Gasteiger partial charge in [-0.1, -0.05) is 0 Å². The molecule has 1 aliphatic rings. The molecular formula is C21H19N7O. The standard InChI is InChI=1S/C21H19N7O/c1-12-16-4-3-15(8-19(16)28-27-12)25-20-17-11-22-6-5-13(17)7-18(26-20)14-9-23-21(29-2)24-10-14/h3-4,6-10H,5,11H2,1-2H3,(H,25,26)(H,27,28). The minimum Gasteiger partial charge on any atom is -0.467 e. The Hall–Kier alpha value is -3.81. The Kier molecular flexibility index (Phi) is 4.16. The fourth-order valence-electron chi connectivity index (χ4n) is 3.47. The molecule has 1 aromatic carbocycles. The molecule has 0 saturated heterocycles. The summed E-state index contributed by atoms with van der Waals surface area (Å²) in [7, 11) is 1.55. The van der Waals surface area contributed by atoms with E-state index in [1.807, 2.05) is 25.3 Å². The number of anilines is 2. The Bertz CT molecular complexity index is 1230. The lowest BCUT2D eigenvalue weighted by Gasteiger charge is -2.18. The molecule has 0 aliphatic carbocycles. The van der Waals surface area contributed by atoms with Crippen LogP contribution < -0.4 is 10.1 Å². The number of pyridine rings is 1. The van der Waals surface area contributed by atoms with Gasteiger partial charge in [-0.05, 0) is 36.8 Å². The lowest BCUT2D eigenvalue weighted by Crippen LogP contribution is -2.08. The highest BCUT2D eigenvalue weighted by Gasteiger charge is 2.16. The fourth-order valence-corrected chi connectivity index (χ4v) is 3.47. The van der Waals surface area contributed by atoms with Crippen molar-refractivity contribution in [3.05, 3.63) is 53.5 Å². The van der Waals surface area contributed by atoms with Crippen LogP contribution >= 0.6 is 0 Å². The third-order valence-electron chi connectivity index (χ3n) is 5.02. The maximum atomic E-state index is 5.05. The summed E-state index contributed by atoms with van der Waals surface area (Å²) in [6.45, 7) is 2.62. The Morgan fingerprint density at radius 3 is 2.83 bits per heavy atom. The van der Waals surface area contributed by atoms with E-state index in [4.69, 9.17) is 9.72 Å². The summed E-state index contributed by atoms with van der Waals surface area (Å²) < 4.78 is 5.05. The Morgan fingerprint density at radius 2 is 2.00 bits per heavy atom. The fraction of sp³-hybridized carbons (Fsp3) is 0.190. The number of hydrogen-bond acceptors (Lipinski definition) is 7. The summed E-state index contributed by atoms with van der Waals surface area (Å²) in [5.41, 5.74) is 6.83. The Balaban J connectivity index is 1.56. The summed E-state index contributed by atoms with van der Waals surface area (Å²) in [5.74, 6) is 0.789. The summed E-state index contributed by atoms with van der Waals surface area (Å²) >= 11 is 0. The van der Waals surface area contributed by atoms with Gasteiger partial charge in [0.05, 0.1) is 24.9 Å². The second-order valence-corrected chi connectivity index (χ2v) is 6.89. The van der Waals surface area contributed by atoms with Crippen LogP contribution in [0, 0.1) is 6.92 Å². The third kappa shape index (κ3) is 3.18. The van der Waals surface area contributed by atoms with Crippen molar-refractivity contribution in [3.63, 3.8) is 0 Å². The zero-order valence-electron chi connectivity index (χ0n) is 16.1. The van der Waals surface area contributed by atoms with Crippen LogP contribution in [0.5, 0.6) is 6.01 Å². The molecule has 3 aromatic heterocycles. The van der Waals surface area contributed by atoms with Gasteiger partial charge >= 0.3 is 6.01 Å². The molecule has 0 fully saturated rings. The van der Waals surface area contributed by atoms with Crippen LogP contribution in [-0.2, 0) is 13.0 Å². The van der Waals surface area contributed by atoms with Gasteiger partial charge in [-0.15, -0.1) is 0 Å². The molecule has 0 spiro atoms. The summed E-state index contributed by atoms with van der Waals surface area (Å²) in [6.07, 6.45) is 6.16. The van der Waals surface area contributed by atoms with Gasteiger partial charge in [0.1, 0.15) is 5.82 Å². The van der Waals surface area contributed by atoms with Gasteiger partial charge in [-0.25, -0.2) is 15.0 Å². The predicted octanol–water partition coefficient (Wildman–Crippen LogP) is 3.60. The normalized spacial score (nSPS) is 12.8. The van der Waals surface area contributed by atoms with Gasteiger partial charge in [0.2, 0.25) is 0 Å². The Labute approximate surface area is 167 Å². The van der Waals surface area contributed by atoms with Gasteiger partial charge in [0.25, 0.3) is 0 Å². The second kappa shape index (κ2) is 6.97. The van der Waals surface area contributed by atoms with Gasteiger partial charge < -0.3 is 10.1 Å². The first-order chi connectivity index (χ1) is 14.2. The molecule has 0 unspecified atom stereocenters. The summed E-state index contributed by atoms with van der Waals surface area (Å²) in [5, 5.41) is 11.9. The van der Waals surface area contributed by atoms with Gasteiger partial charge in [0.15, 0.2) is 0 Å². The van der Waals surface area contributed by atoms with Crippen molar-refractivity contribution < 1.29 is 4.74 Å². The maximum Gasteiger partial charge on any atom is 0.316 e. The van der Waals surface area contributed by atoms with E-state index in [9.17, 15) is 0 Å². The predicted molar refractivity (Wildman–Crippen MR) is 112 cm³/mol. The SMILES string of the molecule is COc1ncc(-c2cc3c(c(Nc4ccc5c(C)[nH]nc5c4)n2)CN=CC3)cn1. The van der Waals surface area contributed by atoms with Crippen molar-refractivity contribution >= 4 is 28.6 Å². The molecule has 0 amide bonds. The second-order valence-electron chi connectivity index (χ2n) is 6.89. The molecule has 29 heavy (non-hydrogen) atoms. The first-order valence-corrected chi connectivity index (χ1v) is 9.30. The number of hydrogen-bond donors (Lipinski definition) is 2. The zero-order valence-corrected chi connectivity index (χ0v) is 16.1. The number of aromatic nitrogens is 5. The highest BCUT2D eigenvalue weighted by molar-refractivity contribution is 5.85. The maximum absolute atomic E-state index is 5.05. The largest absolute Gasteiger partial charge is 0.467 e. The molecule has 4 heterocycles. The van der Waals surface area contributed by atoms with Crippen molar-refractivity contribution in [1.82, 2.24) is 25.1 Å². The number of aryl methyl sites for hydroxylation is 1. The minimum atomic E-state index is 0.333. The number of nitrogens with one attached hydrogen (secondary N) is 2. The van der Waals surface area contributed by atoms with Gasteiger partial charge in [-0.2, -0.15) is 5.10 Å². The molecule has 5 rings (SSSR count). The number of methoxy groups -OCH3 is 1. The number of rotatable bonds is 4. The average Bonchev–Trinajstić information content (AvgIpc) is 3.14. The third-order valence-corrected chi connectivity index (χ3v) is 5.02. The van der Waals surface area contributed by atoms with E-state index >= 15 is 0 Å². The van der Waals surface area contributed by atoms with Crippen molar-refractivity contribution in [2.45, 2.75) is 19.9 Å². The molecule has 0 atom stereocenters. The van der Waals surface area contributed by atoms with Crippen LogP contribution in [0.2, 0.25) is 0 Å². The van der Waals surface area contributed by atoms with E-state index in [2.05, 4.69) is 42.6 Å². The number of benzene rings is 1. The minimum absolute atomic E-state index is 0.333. The zero-order chi connectivity index (χ0) is 19.8. The van der Waals surface area contributed by atoms with Crippen LogP contribution in [0.3, 0.4) is 0 Å². The lowest BCUT2D eigenvalue weighted by atomic mass is 10.0. The van der Waals surface area contributed by atoms with Crippen LogP contribution in [-0.4, -0.2) is 38.5 Å². The van der Waals surface area contributed by atoms with Gasteiger partial charge in [-0.3, -0.25) is 10.1 Å². The lowest BCUT2D eigenvalue weighted by molar-refractivity contribution is 0.380. The van der Waals surface area contributed by atoms with Crippen molar-refractivity contribution in [2.24, 2.45) is 4.99 Å². The molecule has 8 nitrogen and oxygen atoms in total. The summed E-state index contributed by atoms with van der Waals surface area (Å²) in [4.78, 5) is 17.7. The van der Waals surface area contributed by atoms with Gasteiger partial charge in [0, 0.05) is 52.9 Å². The molecule has 8 heteroatoms. The van der Waals surface area contributed by atoms with E-state index in [0.29, 0.717) is 12.6 Å². The van der Waals surface area contributed by atoms with E-state index in [1.165, 1.54) is 5.56 Å². The van der Waals surface area contributed by atoms with Crippen molar-refractivity contribution in [1.29, 1.82) is 0 Å². The van der Waals surface area contributed by atoms with E-state index in [-0.39, 0.29) is 0 Å². The number of H-pyrrole nitrogens is 1. The first kappa shape index (κ1) is 17.3. The van der Waals surface area contributed by atoms with Crippen LogP contribution in [0.25, 0.3) is 22.2 Å². The average molecular weight is 385 g/mol. The topological polar surface area (TPSA) is 101 Å². The molecule has 0 saturated carbocycles. The quantitative estimate of drug-likeness (QED) is 0.557. The molecule has 0 radical (unpaired) electrons. The van der Waals surface area contributed by atoms with Crippen LogP contribution in [0.1, 0.15) is 16.8 Å². The van der Waals surface area contributed by atoms with E-state index in [0.717, 1.165) is 51.3 Å². The number of ether oxygens (including phenoxy) is 1. The van der Waals surface area contributed by atoms with E-state index in [1.54, 1.807) is 19.5 Å². The molecule has 144 valence electrons. The number of aliphatic imine (C=N–C) groups is 1. The van der Waals surface area contributed by atoms with Crippen molar-refractivity contribution in [3.8, 4) is 17.3 Å². The number of aromatic amines is 1. The highest BCUT2D eigenvalue weighted by atomic mass is 16.5. The molecule has 0 bridgehead atoms.